The molecule has 0 fully saturated rings. The number of halogens is 3. The molecule has 22 heavy (non-hydrogen) atoms. The Hall–Kier alpha value is -2.02. The molecule has 0 aliphatic heterocycles. The Morgan fingerprint density at radius 2 is 1.86 bits per heavy atom. The summed E-state index contributed by atoms with van der Waals surface area (Å²) in [5, 5.41) is 7.03. The van der Waals surface area contributed by atoms with Crippen molar-refractivity contribution in [2.75, 3.05) is 6.61 Å². The Balaban J connectivity index is 1.78. The van der Waals surface area contributed by atoms with Crippen LogP contribution in [0.2, 0.25) is 0 Å². The minimum Gasteiger partial charge on any atom is -0.494 e. The molecule has 0 spiro atoms. The van der Waals surface area contributed by atoms with E-state index in [2.05, 4.69) is 10.4 Å². The summed E-state index contributed by atoms with van der Waals surface area (Å²) in [5.41, 5.74) is 1.65. The average molecular weight is 313 g/mol. The van der Waals surface area contributed by atoms with Gasteiger partial charge in [-0.05, 0) is 30.7 Å². The van der Waals surface area contributed by atoms with Gasteiger partial charge >= 0.3 is 6.18 Å². The molecule has 0 atom stereocenters. The lowest BCUT2D eigenvalue weighted by Crippen LogP contribution is -2.19. The van der Waals surface area contributed by atoms with E-state index in [0.717, 1.165) is 16.0 Å². The summed E-state index contributed by atoms with van der Waals surface area (Å²) in [6.45, 7) is 2.51. The highest BCUT2D eigenvalue weighted by molar-refractivity contribution is 5.27. The third kappa shape index (κ3) is 5.40. The Kier molecular flexibility index (Phi) is 5.43. The van der Waals surface area contributed by atoms with Crippen molar-refractivity contribution in [3.05, 3.63) is 47.8 Å². The van der Waals surface area contributed by atoms with Crippen LogP contribution in [0, 0.1) is 0 Å². The molecule has 4 nitrogen and oxygen atoms in total. The van der Waals surface area contributed by atoms with Crippen LogP contribution in [0.1, 0.15) is 18.2 Å². The molecule has 0 unspecified atom stereocenters. The van der Waals surface area contributed by atoms with Crippen molar-refractivity contribution < 1.29 is 17.9 Å². The summed E-state index contributed by atoms with van der Waals surface area (Å²) < 4.78 is 42.9. The fraction of sp³-hybridized carbons (Fsp3) is 0.400. The summed E-state index contributed by atoms with van der Waals surface area (Å²) in [6, 6.07) is 9.24. The number of benzene rings is 1. The number of nitrogens with one attached hydrogen (secondary N) is 1. The molecule has 2 aromatic rings. The maximum absolute atomic E-state index is 12.2. The van der Waals surface area contributed by atoms with Crippen molar-refractivity contribution >= 4 is 0 Å². The van der Waals surface area contributed by atoms with Crippen LogP contribution in [0.5, 0.6) is 5.75 Å². The largest absolute Gasteiger partial charge is 0.494 e. The second-order valence-corrected chi connectivity index (χ2v) is 4.80. The van der Waals surface area contributed by atoms with Crippen molar-refractivity contribution in [2.24, 2.45) is 0 Å². The minimum absolute atomic E-state index is 0.415. The number of rotatable bonds is 7. The van der Waals surface area contributed by atoms with Crippen LogP contribution in [0.3, 0.4) is 0 Å². The first-order chi connectivity index (χ1) is 10.5. The predicted molar refractivity (Wildman–Crippen MR) is 76.4 cm³/mol. The number of nitrogens with zero attached hydrogens (tertiary/aromatic N) is 2. The van der Waals surface area contributed by atoms with E-state index in [1.54, 1.807) is 6.07 Å². The van der Waals surface area contributed by atoms with E-state index in [1.807, 2.05) is 31.2 Å². The first-order valence-electron chi connectivity index (χ1n) is 6.98. The highest BCUT2D eigenvalue weighted by Crippen LogP contribution is 2.17. The van der Waals surface area contributed by atoms with Gasteiger partial charge in [-0.3, -0.25) is 4.68 Å². The summed E-state index contributed by atoms with van der Waals surface area (Å²) in [4.78, 5) is 0. The third-order valence-corrected chi connectivity index (χ3v) is 2.91. The Bertz CT molecular complexity index is 578. The molecule has 0 aliphatic rings. The van der Waals surface area contributed by atoms with Crippen LogP contribution < -0.4 is 10.1 Å². The van der Waals surface area contributed by atoms with E-state index in [1.165, 1.54) is 6.20 Å². The first kappa shape index (κ1) is 16.4. The first-order valence-corrected chi connectivity index (χ1v) is 6.98. The van der Waals surface area contributed by atoms with Crippen LogP contribution in [-0.2, 0) is 19.6 Å². The zero-order valence-electron chi connectivity index (χ0n) is 12.2. The van der Waals surface area contributed by atoms with E-state index in [9.17, 15) is 13.2 Å². The molecule has 1 heterocycles. The number of alkyl halides is 3. The summed E-state index contributed by atoms with van der Waals surface area (Å²) in [6.07, 6.45) is -2.92. The van der Waals surface area contributed by atoms with Crippen molar-refractivity contribution in [1.82, 2.24) is 15.1 Å². The van der Waals surface area contributed by atoms with Crippen LogP contribution in [0.15, 0.2) is 36.5 Å². The molecule has 0 radical (unpaired) electrons. The van der Waals surface area contributed by atoms with E-state index in [-0.39, 0.29) is 0 Å². The van der Waals surface area contributed by atoms with Gasteiger partial charge in [-0.25, -0.2) is 0 Å². The van der Waals surface area contributed by atoms with Gasteiger partial charge in [-0.15, -0.1) is 0 Å². The highest BCUT2D eigenvalue weighted by atomic mass is 19.4. The molecule has 0 amide bonds. The van der Waals surface area contributed by atoms with Crippen LogP contribution in [0.4, 0.5) is 13.2 Å². The van der Waals surface area contributed by atoms with Gasteiger partial charge in [0.05, 0.1) is 12.3 Å². The van der Waals surface area contributed by atoms with Gasteiger partial charge in [0.15, 0.2) is 0 Å². The normalized spacial score (nSPS) is 11.6. The molecular weight excluding hydrogens is 295 g/mol. The summed E-state index contributed by atoms with van der Waals surface area (Å²) in [5.74, 6) is 0.817. The smallest absolute Gasteiger partial charge is 0.408 e. The minimum atomic E-state index is -4.25. The monoisotopic (exact) mass is 313 g/mol. The topological polar surface area (TPSA) is 39.1 Å². The molecule has 1 aromatic carbocycles. The van der Waals surface area contributed by atoms with Crippen molar-refractivity contribution in [3.8, 4) is 5.75 Å². The van der Waals surface area contributed by atoms with E-state index in [4.69, 9.17) is 4.74 Å². The number of hydrogen-bond acceptors (Lipinski definition) is 3. The zero-order chi connectivity index (χ0) is 16.0. The summed E-state index contributed by atoms with van der Waals surface area (Å²) in [7, 11) is 0. The fourth-order valence-electron chi connectivity index (χ4n) is 1.97. The van der Waals surface area contributed by atoms with Gasteiger partial charge in [0.1, 0.15) is 12.3 Å². The lowest BCUT2D eigenvalue weighted by Gasteiger charge is -2.06. The lowest BCUT2D eigenvalue weighted by molar-refractivity contribution is -0.142. The molecule has 7 heteroatoms. The molecular formula is C15H18F3N3O. The molecule has 120 valence electrons. The Labute approximate surface area is 126 Å². The van der Waals surface area contributed by atoms with Gasteiger partial charge in [0, 0.05) is 19.3 Å². The Morgan fingerprint density at radius 1 is 1.14 bits per heavy atom. The molecule has 0 saturated heterocycles. The number of hydrogen-bond donors (Lipinski definition) is 1. The predicted octanol–water partition coefficient (Wildman–Crippen LogP) is 3.13. The number of ether oxygens (including phenoxy) is 1. The quantitative estimate of drug-likeness (QED) is 0.853. The second-order valence-electron chi connectivity index (χ2n) is 4.80. The highest BCUT2D eigenvalue weighted by Gasteiger charge is 2.28. The molecule has 1 aromatic heterocycles. The van der Waals surface area contributed by atoms with Crippen LogP contribution in [0.25, 0.3) is 0 Å². The molecule has 0 aliphatic carbocycles. The lowest BCUT2D eigenvalue weighted by atomic mass is 10.2. The molecule has 0 saturated carbocycles. The van der Waals surface area contributed by atoms with Gasteiger partial charge in [0.2, 0.25) is 0 Å². The van der Waals surface area contributed by atoms with Crippen LogP contribution in [-0.4, -0.2) is 22.6 Å². The maximum Gasteiger partial charge on any atom is 0.408 e. The van der Waals surface area contributed by atoms with Gasteiger partial charge in [-0.1, -0.05) is 12.1 Å². The van der Waals surface area contributed by atoms with Crippen molar-refractivity contribution in [3.63, 3.8) is 0 Å². The van der Waals surface area contributed by atoms with E-state index < -0.39 is 12.7 Å². The van der Waals surface area contributed by atoms with Crippen molar-refractivity contribution in [2.45, 2.75) is 32.7 Å². The molecule has 2 rings (SSSR count). The van der Waals surface area contributed by atoms with Crippen molar-refractivity contribution in [1.29, 1.82) is 0 Å². The standard InChI is InChI=1S/C15H18F3N3O/c1-2-22-14-5-3-12(4-6-14)9-19-10-13-7-8-21(20-13)11-15(16,17)18/h3-8,19H,2,9-11H2,1H3. The molecule has 1 N–H and O–H groups in total. The molecule has 0 bridgehead atoms. The van der Waals surface area contributed by atoms with Gasteiger partial charge in [0.25, 0.3) is 0 Å². The van der Waals surface area contributed by atoms with E-state index >= 15 is 0 Å². The zero-order valence-corrected chi connectivity index (χ0v) is 12.2. The number of aromatic nitrogens is 2. The SMILES string of the molecule is CCOc1ccc(CNCc2ccn(CC(F)(F)F)n2)cc1. The second kappa shape index (κ2) is 7.31. The van der Waals surface area contributed by atoms with Crippen LogP contribution >= 0.6 is 0 Å². The fourth-order valence-corrected chi connectivity index (χ4v) is 1.97. The third-order valence-electron chi connectivity index (χ3n) is 2.91. The van der Waals surface area contributed by atoms with E-state index in [0.29, 0.717) is 25.4 Å². The van der Waals surface area contributed by atoms with Gasteiger partial charge < -0.3 is 10.1 Å². The Morgan fingerprint density at radius 3 is 2.50 bits per heavy atom. The van der Waals surface area contributed by atoms with Gasteiger partial charge in [-0.2, -0.15) is 18.3 Å². The average Bonchev–Trinajstić information content (AvgIpc) is 2.86. The summed E-state index contributed by atoms with van der Waals surface area (Å²) >= 11 is 0. The maximum atomic E-state index is 12.2.